The highest BCUT2D eigenvalue weighted by Crippen LogP contribution is 2.46. The third-order valence-corrected chi connectivity index (χ3v) is 5.97. The zero-order valence-electron chi connectivity index (χ0n) is 17.9. The first kappa shape index (κ1) is 20.3. The smallest absolute Gasteiger partial charge is 0.339 e. The molecule has 0 fully saturated rings. The summed E-state index contributed by atoms with van der Waals surface area (Å²) in [5.41, 5.74) is 7.06. The van der Waals surface area contributed by atoms with Gasteiger partial charge in [-0.3, -0.25) is 4.98 Å². The lowest BCUT2D eigenvalue weighted by Crippen LogP contribution is -2.33. The number of allylic oxidation sites excluding steroid dienone is 1. The second-order valence-corrected chi connectivity index (χ2v) is 9.05. The molecule has 0 atom stereocenters. The Hall–Kier alpha value is -2.42. The molecule has 0 amide bonds. The fourth-order valence-corrected chi connectivity index (χ4v) is 3.96. The number of carbonyl (C=O) groups excluding carboxylic acids is 1. The maximum absolute atomic E-state index is 11.8. The molecule has 1 heterocycles. The highest BCUT2D eigenvalue weighted by molar-refractivity contribution is 5.89. The van der Waals surface area contributed by atoms with Crippen LogP contribution in [0.2, 0.25) is 0 Å². The monoisotopic (exact) mass is 377 g/mol. The molecular weight excluding hydrogens is 346 g/mol. The number of ether oxygens (including phenoxy) is 1. The Labute approximate surface area is 168 Å². The summed E-state index contributed by atoms with van der Waals surface area (Å²) >= 11 is 0. The van der Waals surface area contributed by atoms with Gasteiger partial charge in [0.15, 0.2) is 0 Å². The Bertz CT molecular complexity index is 905. The molecule has 0 unspecified atom stereocenters. The van der Waals surface area contributed by atoms with Crippen molar-refractivity contribution in [3.05, 3.63) is 64.5 Å². The van der Waals surface area contributed by atoms with Crippen molar-refractivity contribution in [3.63, 3.8) is 0 Å². The number of benzene rings is 1. The van der Waals surface area contributed by atoms with E-state index in [-0.39, 0.29) is 16.8 Å². The summed E-state index contributed by atoms with van der Waals surface area (Å²) in [4.78, 5) is 16.2. The van der Waals surface area contributed by atoms with Gasteiger partial charge in [0.1, 0.15) is 0 Å². The molecule has 1 aliphatic rings. The number of fused-ring (bicyclic) bond motifs is 1. The Balaban J connectivity index is 1.91. The van der Waals surface area contributed by atoms with Gasteiger partial charge in [-0.05, 0) is 78.0 Å². The predicted molar refractivity (Wildman–Crippen MR) is 115 cm³/mol. The highest BCUT2D eigenvalue weighted by Gasteiger charge is 2.36. The molecule has 3 nitrogen and oxygen atoms in total. The number of carbonyl (C=O) groups is 1. The second kappa shape index (κ2) is 7.54. The Morgan fingerprint density at radius 3 is 2.29 bits per heavy atom. The molecule has 3 rings (SSSR count). The average Bonchev–Trinajstić information content (AvgIpc) is 2.66. The lowest BCUT2D eigenvalue weighted by molar-refractivity contribution is 0.0526. The quantitative estimate of drug-likeness (QED) is 0.598. The normalized spacial score (nSPS) is 17.7. The van der Waals surface area contributed by atoms with Crippen LogP contribution in [0.3, 0.4) is 0 Å². The van der Waals surface area contributed by atoms with Crippen LogP contribution in [0.4, 0.5) is 0 Å². The summed E-state index contributed by atoms with van der Waals surface area (Å²) in [7, 11) is 0. The Kier molecular flexibility index (Phi) is 5.47. The average molecular weight is 378 g/mol. The third kappa shape index (κ3) is 4.04. The Morgan fingerprint density at radius 1 is 1.04 bits per heavy atom. The van der Waals surface area contributed by atoms with Gasteiger partial charge in [-0.1, -0.05) is 45.9 Å². The molecule has 0 N–H and O–H groups in total. The van der Waals surface area contributed by atoms with Crippen molar-refractivity contribution in [2.75, 3.05) is 6.61 Å². The van der Waals surface area contributed by atoms with Crippen LogP contribution in [0.1, 0.15) is 87.1 Å². The van der Waals surface area contributed by atoms with Gasteiger partial charge in [0.2, 0.25) is 0 Å². The summed E-state index contributed by atoms with van der Waals surface area (Å²) < 4.78 is 5.01. The van der Waals surface area contributed by atoms with Crippen LogP contribution in [-0.2, 0) is 15.6 Å². The van der Waals surface area contributed by atoms with E-state index in [0.717, 1.165) is 5.69 Å². The molecular formula is C25H31NO2. The number of rotatable bonds is 4. The maximum atomic E-state index is 11.8. The van der Waals surface area contributed by atoms with E-state index in [9.17, 15) is 4.79 Å². The van der Waals surface area contributed by atoms with Crippen LogP contribution in [0.25, 0.3) is 11.6 Å². The van der Waals surface area contributed by atoms with E-state index in [1.165, 1.54) is 35.1 Å². The van der Waals surface area contributed by atoms with Gasteiger partial charge in [0.05, 0.1) is 17.9 Å². The summed E-state index contributed by atoms with van der Waals surface area (Å²) in [6.07, 6.45) is 6.07. The molecule has 0 spiro atoms. The molecule has 3 heteroatoms. The predicted octanol–water partition coefficient (Wildman–Crippen LogP) is 6.17. The summed E-state index contributed by atoms with van der Waals surface area (Å²) in [6.45, 7) is 13.7. The SMILES string of the molecule is CCOC(=O)c1ccc(C=C(C)c2ccc3c(c2)C(C)(C)CCC3(C)C)nc1. The van der Waals surface area contributed by atoms with Crippen molar-refractivity contribution in [2.45, 2.75) is 65.2 Å². The number of esters is 1. The zero-order valence-corrected chi connectivity index (χ0v) is 17.9. The maximum Gasteiger partial charge on any atom is 0.339 e. The standard InChI is InChI=1S/C25H31NO2/c1-7-28-23(27)19-8-10-20(26-16-19)14-17(2)18-9-11-21-22(15-18)25(5,6)13-12-24(21,3)4/h8-11,14-16H,7,12-13H2,1-6H3. The van der Waals surface area contributed by atoms with E-state index < -0.39 is 0 Å². The van der Waals surface area contributed by atoms with E-state index in [2.05, 4.69) is 63.9 Å². The minimum Gasteiger partial charge on any atom is -0.462 e. The first-order valence-electron chi connectivity index (χ1n) is 10.1. The van der Waals surface area contributed by atoms with Crippen LogP contribution in [0.5, 0.6) is 0 Å². The highest BCUT2D eigenvalue weighted by atomic mass is 16.5. The minimum absolute atomic E-state index is 0.195. The largest absolute Gasteiger partial charge is 0.462 e. The fourth-order valence-electron chi connectivity index (χ4n) is 3.96. The lowest BCUT2D eigenvalue weighted by Gasteiger charge is -2.42. The van der Waals surface area contributed by atoms with Crippen LogP contribution in [0.15, 0.2) is 36.5 Å². The van der Waals surface area contributed by atoms with Crippen molar-refractivity contribution in [1.29, 1.82) is 0 Å². The number of pyridine rings is 1. The topological polar surface area (TPSA) is 39.2 Å². The number of aromatic nitrogens is 1. The van der Waals surface area contributed by atoms with E-state index in [0.29, 0.717) is 12.2 Å². The summed E-state index contributed by atoms with van der Waals surface area (Å²) in [5, 5.41) is 0. The van der Waals surface area contributed by atoms with Crippen LogP contribution in [0, 0.1) is 0 Å². The third-order valence-electron chi connectivity index (χ3n) is 5.97. The molecule has 0 aliphatic heterocycles. The van der Waals surface area contributed by atoms with Crippen molar-refractivity contribution >= 4 is 17.6 Å². The van der Waals surface area contributed by atoms with Crippen LogP contribution in [-0.4, -0.2) is 17.6 Å². The van der Waals surface area contributed by atoms with Gasteiger partial charge >= 0.3 is 5.97 Å². The fraction of sp³-hybridized carbons (Fsp3) is 0.440. The second-order valence-electron chi connectivity index (χ2n) is 9.05. The van der Waals surface area contributed by atoms with Gasteiger partial charge in [0, 0.05) is 6.20 Å². The minimum atomic E-state index is -0.332. The Morgan fingerprint density at radius 2 is 1.68 bits per heavy atom. The van der Waals surface area contributed by atoms with Crippen molar-refractivity contribution < 1.29 is 9.53 Å². The molecule has 0 saturated heterocycles. The molecule has 148 valence electrons. The summed E-state index contributed by atoms with van der Waals surface area (Å²) in [5.74, 6) is -0.332. The van der Waals surface area contributed by atoms with Gasteiger partial charge < -0.3 is 4.74 Å². The van der Waals surface area contributed by atoms with Gasteiger partial charge in [-0.2, -0.15) is 0 Å². The number of hydrogen-bond donors (Lipinski definition) is 0. The van der Waals surface area contributed by atoms with E-state index >= 15 is 0 Å². The molecule has 1 aromatic heterocycles. The van der Waals surface area contributed by atoms with Crippen molar-refractivity contribution in [3.8, 4) is 0 Å². The van der Waals surface area contributed by atoms with Crippen LogP contribution < -0.4 is 0 Å². The molecule has 2 aromatic rings. The number of hydrogen-bond acceptors (Lipinski definition) is 3. The zero-order chi connectivity index (χ0) is 20.5. The lowest BCUT2D eigenvalue weighted by atomic mass is 9.63. The van der Waals surface area contributed by atoms with E-state index in [4.69, 9.17) is 4.74 Å². The van der Waals surface area contributed by atoms with E-state index in [1.807, 2.05) is 6.07 Å². The molecule has 1 aromatic carbocycles. The van der Waals surface area contributed by atoms with Crippen molar-refractivity contribution in [2.24, 2.45) is 0 Å². The van der Waals surface area contributed by atoms with E-state index in [1.54, 1.807) is 19.2 Å². The van der Waals surface area contributed by atoms with Crippen molar-refractivity contribution in [1.82, 2.24) is 4.98 Å². The molecule has 28 heavy (non-hydrogen) atoms. The molecule has 0 saturated carbocycles. The first-order valence-corrected chi connectivity index (χ1v) is 10.1. The van der Waals surface area contributed by atoms with Crippen LogP contribution >= 0.6 is 0 Å². The van der Waals surface area contributed by atoms with Gasteiger partial charge in [-0.25, -0.2) is 4.79 Å². The summed E-state index contributed by atoms with van der Waals surface area (Å²) in [6, 6.07) is 10.5. The van der Waals surface area contributed by atoms with Gasteiger partial charge in [0.25, 0.3) is 0 Å². The van der Waals surface area contributed by atoms with Gasteiger partial charge in [-0.15, -0.1) is 0 Å². The molecule has 1 aliphatic carbocycles. The molecule has 0 radical (unpaired) electrons. The molecule has 0 bridgehead atoms. The number of nitrogens with zero attached hydrogens (tertiary/aromatic N) is 1. The first-order chi connectivity index (χ1) is 13.1.